The van der Waals surface area contributed by atoms with Gasteiger partial charge in [-0.3, -0.25) is 0 Å². The molecule has 4 aromatic heterocycles. The largest absolute Gasteiger partial charge is 0.486 e. The van der Waals surface area contributed by atoms with Crippen LogP contribution in [0.3, 0.4) is 0 Å². The van der Waals surface area contributed by atoms with E-state index in [1.165, 1.54) is 30.5 Å². The molecule has 4 nitrogen and oxygen atoms in total. The van der Waals surface area contributed by atoms with Gasteiger partial charge in [0.05, 0.1) is 6.95 Å². The minimum atomic E-state index is -2.29. The van der Waals surface area contributed by atoms with Crippen molar-refractivity contribution in [2.24, 2.45) is 0 Å². The van der Waals surface area contributed by atoms with E-state index in [2.05, 4.69) is 27.1 Å². The van der Waals surface area contributed by atoms with Crippen LogP contribution in [0.4, 0.5) is 0 Å². The molecule has 6 aromatic rings. The van der Waals surface area contributed by atoms with Gasteiger partial charge in [0.2, 0.25) is 5.71 Å². The topological polar surface area (TPSA) is 51.8 Å². The van der Waals surface area contributed by atoms with Crippen molar-refractivity contribution in [3.8, 4) is 22.5 Å². The van der Waals surface area contributed by atoms with E-state index >= 15 is 0 Å². The van der Waals surface area contributed by atoms with Crippen LogP contribution in [0.15, 0.2) is 89.6 Å². The van der Waals surface area contributed by atoms with Crippen LogP contribution in [-0.4, -0.2) is 15.0 Å². The van der Waals surface area contributed by atoms with Gasteiger partial charge in [0.15, 0.2) is 0 Å². The average Bonchev–Trinajstić information content (AvgIpc) is 3.35. The summed E-state index contributed by atoms with van der Waals surface area (Å²) >= 11 is 0. The van der Waals surface area contributed by atoms with Gasteiger partial charge < -0.3 is 14.4 Å². The Morgan fingerprint density at radius 2 is 1.77 bits per heavy atom. The summed E-state index contributed by atoms with van der Waals surface area (Å²) in [6, 6.07) is 23.9. The van der Waals surface area contributed by atoms with Crippen LogP contribution in [0, 0.1) is 32.7 Å². The van der Waals surface area contributed by atoms with Crippen molar-refractivity contribution in [2.75, 3.05) is 0 Å². The summed E-state index contributed by atoms with van der Waals surface area (Å²) in [5.41, 5.74) is 3.53. The van der Waals surface area contributed by atoms with Gasteiger partial charge in [0.25, 0.3) is 0 Å². The third-order valence-corrected chi connectivity index (χ3v) is 5.01. The summed E-state index contributed by atoms with van der Waals surface area (Å²) in [4.78, 5) is 12.5. The second-order valence-electron chi connectivity index (χ2n) is 7.31. The third kappa shape index (κ3) is 5.37. The molecule has 0 saturated heterocycles. The van der Waals surface area contributed by atoms with Gasteiger partial charge in [-0.1, -0.05) is 42.0 Å². The van der Waals surface area contributed by atoms with Crippen molar-refractivity contribution < 1.29 is 38.2 Å². The Balaban J connectivity index is 0.000000204. The predicted molar refractivity (Wildman–Crippen MR) is 136 cm³/mol. The first-order chi connectivity index (χ1) is 20.6. The molecule has 0 N–H and O–H groups in total. The Morgan fingerprint density at radius 3 is 2.51 bits per heavy atom. The normalized spacial score (nSPS) is 15.8. The number of fused-ring (bicyclic) bond motifs is 3. The molecule has 0 spiro atoms. The number of furan rings is 1. The van der Waals surface area contributed by atoms with Crippen molar-refractivity contribution in [2.45, 2.75) is 20.6 Å². The molecule has 35 heavy (non-hydrogen) atoms. The Kier molecular flexibility index (Phi) is 4.50. The molecule has 1 radical (unpaired) electrons. The molecule has 0 bridgehead atoms. The zero-order valence-electron chi connectivity index (χ0n) is 28.1. The number of hydrogen-bond acceptors (Lipinski definition) is 4. The summed E-state index contributed by atoms with van der Waals surface area (Å²) in [5, 5.41) is 1.54. The van der Waals surface area contributed by atoms with Gasteiger partial charge in [0, 0.05) is 55.9 Å². The minimum absolute atomic E-state index is 0. The maximum Gasteiger partial charge on any atom is 0.216 e. The van der Waals surface area contributed by atoms with Gasteiger partial charge in [-0.15, -0.1) is 53.6 Å². The Hall–Kier alpha value is -3.66. The fourth-order valence-electron chi connectivity index (χ4n) is 3.41. The van der Waals surface area contributed by atoms with E-state index in [4.69, 9.17) is 18.1 Å². The molecular formula is C30H23IrN3O-2. The minimum Gasteiger partial charge on any atom is -0.486 e. The van der Waals surface area contributed by atoms with Crippen LogP contribution < -0.4 is 0 Å². The molecule has 0 aliphatic rings. The molecule has 0 unspecified atom stereocenters. The molecule has 0 amide bonds. The smallest absolute Gasteiger partial charge is 0.216 e. The monoisotopic (exact) mass is 644 g/mol. The van der Waals surface area contributed by atoms with Gasteiger partial charge in [-0.25, -0.2) is 4.98 Å². The van der Waals surface area contributed by atoms with Crippen LogP contribution in [0.25, 0.3) is 44.6 Å². The van der Waals surface area contributed by atoms with Crippen molar-refractivity contribution in [1.82, 2.24) is 15.0 Å². The van der Waals surface area contributed by atoms with Gasteiger partial charge in [-0.05, 0) is 48.9 Å². The average molecular weight is 644 g/mol. The second kappa shape index (κ2) is 10.7. The van der Waals surface area contributed by atoms with Crippen molar-refractivity contribution >= 4 is 22.1 Å². The Labute approximate surface area is 232 Å². The number of pyridine rings is 3. The van der Waals surface area contributed by atoms with Crippen LogP contribution >= 0.6 is 0 Å². The van der Waals surface area contributed by atoms with Crippen LogP contribution in [0.5, 0.6) is 0 Å². The first kappa shape index (κ1) is 14.7. The van der Waals surface area contributed by atoms with E-state index in [1.807, 2.05) is 6.07 Å². The zero-order chi connectivity index (χ0) is 31.9. The number of aryl methyl sites for hydroxylation is 3. The molecule has 2 aromatic carbocycles. The molecule has 0 aliphatic carbocycles. The number of benzene rings is 2. The molecule has 0 aliphatic heterocycles. The van der Waals surface area contributed by atoms with E-state index in [9.17, 15) is 0 Å². The van der Waals surface area contributed by atoms with Gasteiger partial charge in [-0.2, -0.15) is 0 Å². The third-order valence-electron chi connectivity index (χ3n) is 5.01. The van der Waals surface area contributed by atoms with Gasteiger partial charge >= 0.3 is 0 Å². The maximum atomic E-state index is 7.74. The van der Waals surface area contributed by atoms with Crippen molar-refractivity contribution in [1.29, 1.82) is 0 Å². The molecule has 0 fully saturated rings. The first-order valence-corrected chi connectivity index (χ1v) is 10.3. The summed E-state index contributed by atoms with van der Waals surface area (Å²) in [6.07, 6.45) is 2.85. The van der Waals surface area contributed by atoms with E-state index in [0.717, 1.165) is 10.8 Å². The van der Waals surface area contributed by atoms with E-state index < -0.39 is 20.6 Å². The second-order valence-corrected chi connectivity index (χ2v) is 7.31. The number of nitrogens with zero attached hydrogens (tertiary/aromatic N) is 3. The van der Waals surface area contributed by atoms with Crippen molar-refractivity contribution in [3.05, 3.63) is 114 Å². The summed E-state index contributed by atoms with van der Waals surface area (Å²) in [7, 11) is 0. The number of aromatic nitrogens is 3. The Bertz CT molecular complexity index is 1880. The first-order valence-electron chi connectivity index (χ1n) is 15.3. The fourth-order valence-corrected chi connectivity index (χ4v) is 3.41. The summed E-state index contributed by atoms with van der Waals surface area (Å²) in [6.45, 7) is -6.63. The molecule has 4 heterocycles. The van der Waals surface area contributed by atoms with E-state index in [1.54, 1.807) is 42.6 Å². The summed E-state index contributed by atoms with van der Waals surface area (Å²) in [5.74, 6) is 0. The van der Waals surface area contributed by atoms with E-state index in [0.29, 0.717) is 34.1 Å². The molecular weight excluding hydrogens is 611 g/mol. The summed E-state index contributed by atoms with van der Waals surface area (Å²) < 4.78 is 79.6. The number of rotatable bonds is 2. The molecule has 5 heteroatoms. The van der Waals surface area contributed by atoms with E-state index in [-0.39, 0.29) is 42.6 Å². The fraction of sp³-hybridized carbons (Fsp3) is 0.100. The van der Waals surface area contributed by atoms with Gasteiger partial charge in [0.1, 0.15) is 0 Å². The van der Waals surface area contributed by atoms with Crippen LogP contribution in [-0.2, 0) is 20.1 Å². The zero-order valence-corrected chi connectivity index (χ0v) is 20.5. The van der Waals surface area contributed by atoms with Crippen LogP contribution in [0.1, 0.15) is 30.5 Å². The molecule has 6 rings (SSSR count). The molecule has 0 saturated carbocycles. The predicted octanol–water partition coefficient (Wildman–Crippen LogP) is 7.31. The number of hydrogen-bond donors (Lipinski definition) is 0. The standard InChI is InChI=1S/C17H11N2O.C13H12N.Ir/c1-11-8-9-13-12-5-4-6-14(15-7-2-3-10-18-15)16(12)20-17(13)19-11;1-10-3-6-12(7-4-10)13-8-5-11(2)9-14-13;/h2-5,7-10H,1H3;3-6,8-9H,1-2H3;/q2*-1;/i1D3,2D;1D3,2D3;. The quantitative estimate of drug-likeness (QED) is 0.186. The SMILES string of the molecule is [2H]C([2H])([2H])c1c[c-]c(-c2ccc(C([2H])([2H])[2H])cn2)cc1.[2H]c1ccnc(-c2[c-]ccc3c2oc2nc(C([2H])([2H])[2H])ccc23)c1.[Ir]. The van der Waals surface area contributed by atoms with Crippen LogP contribution in [0.2, 0.25) is 0 Å². The molecule has 0 atom stereocenters. The van der Waals surface area contributed by atoms with Crippen molar-refractivity contribution in [3.63, 3.8) is 0 Å². The maximum absolute atomic E-state index is 7.74. The molecule has 175 valence electrons. The Morgan fingerprint density at radius 1 is 0.857 bits per heavy atom.